The highest BCUT2D eigenvalue weighted by Gasteiger charge is 2.34. The molecule has 0 spiro atoms. The van der Waals surface area contributed by atoms with E-state index in [2.05, 4.69) is 11.4 Å². The van der Waals surface area contributed by atoms with E-state index in [1.165, 1.54) is 5.56 Å². The van der Waals surface area contributed by atoms with Gasteiger partial charge in [0.25, 0.3) is 5.91 Å². The summed E-state index contributed by atoms with van der Waals surface area (Å²) >= 11 is 1.65. The Balaban J connectivity index is 1.87. The standard InChI is InChI=1S/C16H18N2O2S/c1-20-14-4-2-3-13(15(14)17)16(19)18(12-5-6-12)9-11-7-8-21-10-11/h2-4,7-8,10,12H,5-6,9,17H2,1H3. The highest BCUT2D eigenvalue weighted by molar-refractivity contribution is 7.07. The van der Waals surface area contributed by atoms with Crippen molar-refractivity contribution in [3.05, 3.63) is 46.2 Å². The average Bonchev–Trinajstić information content (AvgIpc) is 3.21. The van der Waals surface area contributed by atoms with Gasteiger partial charge in [0.1, 0.15) is 5.75 Å². The van der Waals surface area contributed by atoms with Crippen molar-refractivity contribution in [1.82, 2.24) is 4.90 Å². The van der Waals surface area contributed by atoms with Gasteiger partial charge in [-0.3, -0.25) is 4.79 Å². The van der Waals surface area contributed by atoms with E-state index < -0.39 is 0 Å². The van der Waals surface area contributed by atoms with Crippen molar-refractivity contribution in [1.29, 1.82) is 0 Å². The molecule has 1 aliphatic rings. The summed E-state index contributed by atoms with van der Waals surface area (Å²) in [5.74, 6) is 0.534. The predicted octanol–water partition coefficient (Wildman–Crippen LogP) is 3.14. The van der Waals surface area contributed by atoms with Crippen LogP contribution >= 0.6 is 11.3 Å². The summed E-state index contributed by atoms with van der Waals surface area (Å²) in [6.45, 7) is 0.643. The summed E-state index contributed by atoms with van der Waals surface area (Å²) in [6, 6.07) is 7.73. The van der Waals surface area contributed by atoms with Gasteiger partial charge in [0.05, 0.1) is 18.4 Å². The summed E-state index contributed by atoms with van der Waals surface area (Å²) in [5, 5.41) is 4.11. The first kappa shape index (κ1) is 13.9. The molecule has 0 radical (unpaired) electrons. The van der Waals surface area contributed by atoms with Crippen LogP contribution in [0.1, 0.15) is 28.8 Å². The number of hydrogen-bond acceptors (Lipinski definition) is 4. The normalized spacial score (nSPS) is 14.0. The number of thiophene rings is 1. The molecule has 0 bridgehead atoms. The molecule has 1 saturated carbocycles. The lowest BCUT2D eigenvalue weighted by Crippen LogP contribution is -2.33. The van der Waals surface area contributed by atoms with Crippen LogP contribution in [0, 0.1) is 0 Å². The molecule has 1 aromatic heterocycles. The number of carbonyl (C=O) groups is 1. The van der Waals surface area contributed by atoms with Crippen LogP contribution < -0.4 is 10.5 Å². The van der Waals surface area contributed by atoms with Crippen LogP contribution in [0.15, 0.2) is 35.0 Å². The minimum Gasteiger partial charge on any atom is -0.495 e. The van der Waals surface area contributed by atoms with E-state index in [1.807, 2.05) is 10.3 Å². The first-order valence-electron chi connectivity index (χ1n) is 6.95. The molecule has 1 amide bonds. The van der Waals surface area contributed by atoms with Gasteiger partial charge in [-0.15, -0.1) is 0 Å². The summed E-state index contributed by atoms with van der Waals surface area (Å²) < 4.78 is 5.20. The van der Waals surface area contributed by atoms with E-state index in [0.717, 1.165) is 12.8 Å². The Kier molecular flexibility index (Phi) is 3.84. The zero-order valence-electron chi connectivity index (χ0n) is 11.9. The molecule has 2 aromatic rings. The van der Waals surface area contributed by atoms with Crippen molar-refractivity contribution >= 4 is 22.9 Å². The number of amides is 1. The fourth-order valence-corrected chi connectivity index (χ4v) is 3.06. The van der Waals surface area contributed by atoms with E-state index in [0.29, 0.717) is 29.6 Å². The smallest absolute Gasteiger partial charge is 0.256 e. The van der Waals surface area contributed by atoms with Crippen molar-refractivity contribution in [3.8, 4) is 5.75 Å². The van der Waals surface area contributed by atoms with Crippen molar-refractivity contribution in [2.24, 2.45) is 0 Å². The summed E-state index contributed by atoms with van der Waals surface area (Å²) in [4.78, 5) is 14.8. The molecule has 1 heterocycles. The van der Waals surface area contributed by atoms with E-state index >= 15 is 0 Å². The minimum absolute atomic E-state index is 0.0138. The van der Waals surface area contributed by atoms with Crippen LogP contribution in [-0.4, -0.2) is 24.0 Å². The number of ether oxygens (including phenoxy) is 1. The fraction of sp³-hybridized carbons (Fsp3) is 0.312. The van der Waals surface area contributed by atoms with Gasteiger partial charge in [-0.2, -0.15) is 11.3 Å². The largest absolute Gasteiger partial charge is 0.495 e. The van der Waals surface area contributed by atoms with Crippen molar-refractivity contribution in [3.63, 3.8) is 0 Å². The second kappa shape index (κ2) is 5.77. The minimum atomic E-state index is -0.0138. The number of anilines is 1. The predicted molar refractivity (Wildman–Crippen MR) is 84.6 cm³/mol. The van der Waals surface area contributed by atoms with Crippen LogP contribution in [0.25, 0.3) is 0 Å². The molecule has 0 aliphatic heterocycles. The summed E-state index contributed by atoms with van der Waals surface area (Å²) in [6.07, 6.45) is 2.14. The Morgan fingerprint density at radius 3 is 2.86 bits per heavy atom. The molecule has 3 rings (SSSR count). The maximum Gasteiger partial charge on any atom is 0.256 e. The van der Waals surface area contributed by atoms with Crippen LogP contribution in [0.5, 0.6) is 5.75 Å². The summed E-state index contributed by atoms with van der Waals surface area (Å²) in [7, 11) is 1.56. The molecule has 0 unspecified atom stereocenters. The average molecular weight is 302 g/mol. The first-order valence-corrected chi connectivity index (χ1v) is 7.89. The first-order chi connectivity index (χ1) is 10.2. The number of para-hydroxylation sites is 1. The molecule has 1 aromatic carbocycles. The monoisotopic (exact) mass is 302 g/mol. The number of hydrogen-bond donors (Lipinski definition) is 1. The van der Waals surface area contributed by atoms with Crippen LogP contribution in [0.4, 0.5) is 5.69 Å². The lowest BCUT2D eigenvalue weighted by Gasteiger charge is -2.23. The quantitative estimate of drug-likeness (QED) is 0.863. The Bertz CT molecular complexity index is 636. The highest BCUT2D eigenvalue weighted by atomic mass is 32.1. The second-order valence-corrected chi connectivity index (χ2v) is 6.00. The maximum absolute atomic E-state index is 12.8. The van der Waals surface area contributed by atoms with Gasteiger partial charge in [0.2, 0.25) is 0 Å². The Morgan fingerprint density at radius 1 is 1.43 bits per heavy atom. The SMILES string of the molecule is COc1cccc(C(=O)N(Cc2ccsc2)C2CC2)c1N. The Hall–Kier alpha value is -2.01. The number of nitrogen functional groups attached to an aromatic ring is 1. The highest BCUT2D eigenvalue weighted by Crippen LogP contribution is 2.33. The topological polar surface area (TPSA) is 55.6 Å². The van der Waals surface area contributed by atoms with Gasteiger partial charge in [-0.05, 0) is 47.4 Å². The van der Waals surface area contributed by atoms with E-state index in [-0.39, 0.29) is 5.91 Å². The third-order valence-corrected chi connectivity index (χ3v) is 4.43. The number of nitrogens with two attached hydrogens (primary N) is 1. The number of carbonyl (C=O) groups excluding carboxylic acids is 1. The lowest BCUT2D eigenvalue weighted by atomic mass is 10.1. The zero-order chi connectivity index (χ0) is 14.8. The molecule has 110 valence electrons. The van der Waals surface area contributed by atoms with Gasteiger partial charge >= 0.3 is 0 Å². The molecule has 4 nitrogen and oxygen atoms in total. The Labute approximate surface area is 128 Å². The number of nitrogens with zero attached hydrogens (tertiary/aromatic N) is 1. The second-order valence-electron chi connectivity index (χ2n) is 5.22. The Morgan fingerprint density at radius 2 is 2.24 bits per heavy atom. The van der Waals surface area contributed by atoms with Gasteiger partial charge in [-0.1, -0.05) is 6.07 Å². The van der Waals surface area contributed by atoms with Crippen molar-refractivity contribution in [2.45, 2.75) is 25.4 Å². The molecule has 21 heavy (non-hydrogen) atoms. The third kappa shape index (κ3) is 2.88. The van der Waals surface area contributed by atoms with Crippen molar-refractivity contribution in [2.75, 3.05) is 12.8 Å². The van der Waals surface area contributed by atoms with Crippen LogP contribution in [0.2, 0.25) is 0 Å². The van der Waals surface area contributed by atoms with Gasteiger partial charge in [0, 0.05) is 12.6 Å². The number of rotatable bonds is 5. The lowest BCUT2D eigenvalue weighted by molar-refractivity contribution is 0.0731. The molecule has 2 N–H and O–H groups in total. The molecule has 0 atom stereocenters. The third-order valence-electron chi connectivity index (χ3n) is 3.70. The van der Waals surface area contributed by atoms with E-state index in [1.54, 1.807) is 36.6 Å². The van der Waals surface area contributed by atoms with Gasteiger partial charge < -0.3 is 15.4 Å². The fourth-order valence-electron chi connectivity index (χ4n) is 2.40. The van der Waals surface area contributed by atoms with Gasteiger partial charge in [-0.25, -0.2) is 0 Å². The van der Waals surface area contributed by atoms with Crippen molar-refractivity contribution < 1.29 is 9.53 Å². The molecular formula is C16H18N2O2S. The van der Waals surface area contributed by atoms with E-state index in [9.17, 15) is 4.79 Å². The van der Waals surface area contributed by atoms with Crippen LogP contribution in [-0.2, 0) is 6.54 Å². The zero-order valence-corrected chi connectivity index (χ0v) is 12.7. The molecule has 1 aliphatic carbocycles. The molecule has 0 saturated heterocycles. The number of methoxy groups -OCH3 is 1. The van der Waals surface area contributed by atoms with E-state index in [4.69, 9.17) is 10.5 Å². The molecule has 5 heteroatoms. The number of benzene rings is 1. The van der Waals surface area contributed by atoms with Crippen LogP contribution in [0.3, 0.4) is 0 Å². The molecule has 1 fully saturated rings. The van der Waals surface area contributed by atoms with Gasteiger partial charge in [0.15, 0.2) is 0 Å². The molecular weight excluding hydrogens is 284 g/mol. The maximum atomic E-state index is 12.8. The summed E-state index contributed by atoms with van der Waals surface area (Å²) in [5.41, 5.74) is 8.17.